The Balaban J connectivity index is 2.00. The van der Waals surface area contributed by atoms with Gasteiger partial charge in [-0.1, -0.05) is 12.1 Å². The van der Waals surface area contributed by atoms with Gasteiger partial charge in [-0.2, -0.15) is 5.10 Å². The number of para-hydroxylation sites is 1. The van der Waals surface area contributed by atoms with Crippen molar-refractivity contribution in [3.05, 3.63) is 41.6 Å². The minimum absolute atomic E-state index is 0.00379. The molecule has 2 aromatic heterocycles. The lowest BCUT2D eigenvalue weighted by atomic mass is 10.0. The van der Waals surface area contributed by atoms with Gasteiger partial charge in [-0.05, 0) is 31.0 Å². The summed E-state index contributed by atoms with van der Waals surface area (Å²) in [6.45, 7) is 0. The predicted octanol–water partition coefficient (Wildman–Crippen LogP) is 4.46. The Bertz CT molecular complexity index is 916. The summed E-state index contributed by atoms with van der Waals surface area (Å²) in [4.78, 5) is 4.61. The number of hydrogen-bond donors (Lipinski definition) is 0. The molecular formula is C18H17F2N3O. The van der Waals surface area contributed by atoms with Gasteiger partial charge in [-0.3, -0.25) is 4.68 Å². The second-order valence-corrected chi connectivity index (χ2v) is 6.08. The van der Waals surface area contributed by atoms with Crippen LogP contribution in [-0.2, 0) is 7.05 Å². The van der Waals surface area contributed by atoms with Crippen molar-refractivity contribution < 1.29 is 13.5 Å². The van der Waals surface area contributed by atoms with Crippen LogP contribution in [0.1, 0.15) is 36.4 Å². The molecular weight excluding hydrogens is 312 g/mol. The summed E-state index contributed by atoms with van der Waals surface area (Å²) in [7, 11) is 3.31. The number of methoxy groups -OCH3 is 1. The van der Waals surface area contributed by atoms with E-state index in [4.69, 9.17) is 4.74 Å². The normalized spacial score (nSPS) is 14.5. The average Bonchev–Trinajstić information content (AvgIpc) is 3.38. The van der Waals surface area contributed by atoms with Gasteiger partial charge in [0.25, 0.3) is 6.43 Å². The van der Waals surface area contributed by atoms with Gasteiger partial charge in [0.2, 0.25) is 0 Å². The SMILES string of the molecule is COc1ccccc1-c1cc(C(F)F)c2c(C3CC3)nn(C)c2n1. The van der Waals surface area contributed by atoms with E-state index >= 15 is 0 Å². The molecule has 6 heteroatoms. The van der Waals surface area contributed by atoms with E-state index in [1.54, 1.807) is 24.9 Å². The highest BCUT2D eigenvalue weighted by atomic mass is 19.3. The van der Waals surface area contributed by atoms with Crippen molar-refractivity contribution in [3.63, 3.8) is 0 Å². The van der Waals surface area contributed by atoms with Crippen LogP contribution in [0.3, 0.4) is 0 Å². The zero-order chi connectivity index (χ0) is 16.8. The van der Waals surface area contributed by atoms with Crippen molar-refractivity contribution in [2.24, 2.45) is 7.05 Å². The fourth-order valence-corrected chi connectivity index (χ4v) is 3.12. The number of aryl methyl sites for hydroxylation is 1. The van der Waals surface area contributed by atoms with Gasteiger partial charge in [0, 0.05) is 24.1 Å². The predicted molar refractivity (Wildman–Crippen MR) is 87.4 cm³/mol. The number of rotatable bonds is 4. The van der Waals surface area contributed by atoms with Crippen LogP contribution in [0.5, 0.6) is 5.75 Å². The number of nitrogens with zero attached hydrogens (tertiary/aromatic N) is 3. The Morgan fingerprint density at radius 3 is 2.67 bits per heavy atom. The van der Waals surface area contributed by atoms with Crippen LogP contribution in [0.25, 0.3) is 22.3 Å². The van der Waals surface area contributed by atoms with Crippen molar-refractivity contribution in [1.82, 2.24) is 14.8 Å². The molecule has 4 nitrogen and oxygen atoms in total. The first kappa shape index (κ1) is 15.1. The van der Waals surface area contributed by atoms with E-state index in [0.29, 0.717) is 28.0 Å². The molecule has 1 aliphatic rings. The van der Waals surface area contributed by atoms with Gasteiger partial charge in [0.1, 0.15) is 5.75 Å². The quantitative estimate of drug-likeness (QED) is 0.709. The number of fused-ring (bicyclic) bond motifs is 1. The Labute approximate surface area is 138 Å². The molecule has 0 N–H and O–H groups in total. The van der Waals surface area contributed by atoms with Crippen molar-refractivity contribution in [2.45, 2.75) is 25.2 Å². The summed E-state index contributed by atoms with van der Waals surface area (Å²) < 4.78 is 34.5. The van der Waals surface area contributed by atoms with Crippen LogP contribution >= 0.6 is 0 Å². The van der Waals surface area contributed by atoms with Gasteiger partial charge in [-0.15, -0.1) is 0 Å². The van der Waals surface area contributed by atoms with Gasteiger partial charge < -0.3 is 4.74 Å². The maximum atomic E-state index is 13.8. The fourth-order valence-electron chi connectivity index (χ4n) is 3.12. The molecule has 0 spiro atoms. The fraction of sp³-hybridized carbons (Fsp3) is 0.333. The number of ether oxygens (including phenoxy) is 1. The van der Waals surface area contributed by atoms with Crippen molar-refractivity contribution in [3.8, 4) is 17.0 Å². The van der Waals surface area contributed by atoms with Crippen LogP contribution in [-0.4, -0.2) is 21.9 Å². The molecule has 1 aliphatic carbocycles. The lowest BCUT2D eigenvalue weighted by Gasteiger charge is -2.11. The molecule has 4 rings (SSSR count). The highest BCUT2D eigenvalue weighted by Gasteiger charge is 2.32. The third-order valence-corrected chi connectivity index (χ3v) is 4.43. The van der Waals surface area contributed by atoms with Crippen molar-refractivity contribution in [1.29, 1.82) is 0 Å². The van der Waals surface area contributed by atoms with Gasteiger partial charge in [-0.25, -0.2) is 13.8 Å². The van der Waals surface area contributed by atoms with E-state index in [1.165, 1.54) is 6.07 Å². The first-order chi connectivity index (χ1) is 11.6. The molecule has 24 heavy (non-hydrogen) atoms. The van der Waals surface area contributed by atoms with Crippen LogP contribution in [0.15, 0.2) is 30.3 Å². The number of aromatic nitrogens is 3. The van der Waals surface area contributed by atoms with Crippen LogP contribution in [0, 0.1) is 0 Å². The third-order valence-electron chi connectivity index (χ3n) is 4.43. The van der Waals surface area contributed by atoms with Gasteiger partial charge in [0.05, 0.1) is 23.9 Å². The molecule has 0 amide bonds. The molecule has 1 saturated carbocycles. The molecule has 0 saturated heterocycles. The second-order valence-electron chi connectivity index (χ2n) is 6.08. The standard InChI is InChI=1S/C18H17F2N3O/c1-23-18-15(16(22-23)10-7-8-10)12(17(19)20)9-13(21-18)11-5-3-4-6-14(11)24-2/h3-6,9-10,17H,7-8H2,1-2H3. The van der Waals surface area contributed by atoms with E-state index in [1.807, 2.05) is 18.2 Å². The first-order valence-corrected chi connectivity index (χ1v) is 7.89. The van der Waals surface area contributed by atoms with Crippen molar-refractivity contribution in [2.75, 3.05) is 7.11 Å². The smallest absolute Gasteiger partial charge is 0.264 e. The minimum atomic E-state index is -2.58. The lowest BCUT2D eigenvalue weighted by Crippen LogP contribution is -1.97. The summed E-state index contributed by atoms with van der Waals surface area (Å²) in [5, 5.41) is 4.97. The van der Waals surface area contributed by atoms with Gasteiger partial charge >= 0.3 is 0 Å². The molecule has 0 unspecified atom stereocenters. The Morgan fingerprint density at radius 1 is 1.25 bits per heavy atom. The average molecular weight is 329 g/mol. The molecule has 0 radical (unpaired) electrons. The maximum absolute atomic E-state index is 13.8. The zero-order valence-electron chi connectivity index (χ0n) is 13.5. The summed E-state index contributed by atoms with van der Waals surface area (Å²) in [6.07, 6.45) is -0.572. The third kappa shape index (κ3) is 2.33. The second kappa shape index (κ2) is 5.54. The minimum Gasteiger partial charge on any atom is -0.496 e. The largest absolute Gasteiger partial charge is 0.496 e. The number of halogens is 2. The molecule has 1 fully saturated rings. The van der Waals surface area contributed by atoms with E-state index in [2.05, 4.69) is 10.1 Å². The lowest BCUT2D eigenvalue weighted by molar-refractivity contribution is 0.153. The molecule has 124 valence electrons. The molecule has 3 aromatic rings. The van der Waals surface area contributed by atoms with Crippen molar-refractivity contribution >= 4 is 11.0 Å². The van der Waals surface area contributed by atoms with Crippen LogP contribution in [0.4, 0.5) is 8.78 Å². The first-order valence-electron chi connectivity index (χ1n) is 7.89. The number of hydrogen-bond acceptors (Lipinski definition) is 3. The van der Waals surface area contributed by atoms with E-state index in [9.17, 15) is 8.78 Å². The van der Waals surface area contributed by atoms with E-state index < -0.39 is 6.43 Å². The highest BCUT2D eigenvalue weighted by molar-refractivity contribution is 5.87. The Morgan fingerprint density at radius 2 is 2.00 bits per heavy atom. The summed E-state index contributed by atoms with van der Waals surface area (Å²) >= 11 is 0. The summed E-state index contributed by atoms with van der Waals surface area (Å²) in [6, 6.07) is 8.76. The van der Waals surface area contributed by atoms with E-state index in [0.717, 1.165) is 18.5 Å². The van der Waals surface area contributed by atoms with E-state index in [-0.39, 0.29) is 11.5 Å². The van der Waals surface area contributed by atoms with Crippen LogP contribution < -0.4 is 4.74 Å². The topological polar surface area (TPSA) is 39.9 Å². The number of alkyl halides is 2. The zero-order valence-corrected chi connectivity index (χ0v) is 13.5. The van der Waals surface area contributed by atoms with Gasteiger partial charge in [0.15, 0.2) is 5.65 Å². The Kier molecular flexibility index (Phi) is 3.48. The summed E-state index contributed by atoms with van der Waals surface area (Å²) in [5.41, 5.74) is 2.41. The molecule has 0 bridgehead atoms. The molecule has 1 aromatic carbocycles. The van der Waals surface area contributed by atoms with Crippen LogP contribution in [0.2, 0.25) is 0 Å². The maximum Gasteiger partial charge on any atom is 0.264 e. The molecule has 2 heterocycles. The summed E-state index contributed by atoms with van der Waals surface area (Å²) in [5.74, 6) is 0.888. The monoisotopic (exact) mass is 329 g/mol. The molecule has 0 atom stereocenters. The molecule has 0 aliphatic heterocycles. The highest BCUT2D eigenvalue weighted by Crippen LogP contribution is 2.45. The Hall–Kier alpha value is -2.50. The number of benzene rings is 1. The number of pyridine rings is 1.